The van der Waals surface area contributed by atoms with Gasteiger partial charge in [0.15, 0.2) is 5.88 Å². The quantitative estimate of drug-likeness (QED) is 0.683. The molecule has 2 rings (SSSR count). The molecule has 0 bridgehead atoms. The molecule has 1 heterocycles. The summed E-state index contributed by atoms with van der Waals surface area (Å²) in [5, 5.41) is 9.77. The number of nitriles is 1. The molecule has 0 aliphatic heterocycles. The van der Waals surface area contributed by atoms with Crippen molar-refractivity contribution in [3.63, 3.8) is 0 Å². The Balaban J connectivity index is 2.74. The lowest BCUT2D eigenvalue weighted by molar-refractivity contribution is 0.384. The van der Waals surface area contributed by atoms with Crippen molar-refractivity contribution in [3.8, 4) is 11.9 Å². The summed E-state index contributed by atoms with van der Waals surface area (Å²) in [5.74, 6) is 0.801. The first-order chi connectivity index (χ1) is 6.76. The van der Waals surface area contributed by atoms with Gasteiger partial charge in [-0.2, -0.15) is 5.26 Å². The molecule has 0 radical (unpaired) electrons. The van der Waals surface area contributed by atoms with Crippen molar-refractivity contribution in [1.82, 2.24) is 4.57 Å². The first-order valence-corrected chi connectivity index (χ1v) is 4.30. The Labute approximate surface area is 82.1 Å². The molecule has 14 heavy (non-hydrogen) atoms. The van der Waals surface area contributed by atoms with Crippen LogP contribution in [0.4, 0.5) is 0 Å². The third-order valence-electron chi connectivity index (χ3n) is 2.34. The zero-order valence-electron chi connectivity index (χ0n) is 8.11. The highest BCUT2D eigenvalue weighted by molar-refractivity contribution is 5.83. The Morgan fingerprint density at radius 1 is 1.36 bits per heavy atom. The van der Waals surface area contributed by atoms with Gasteiger partial charge in [0, 0.05) is 18.5 Å². The molecule has 0 aliphatic carbocycles. The Bertz CT molecular complexity index is 520. The summed E-state index contributed by atoms with van der Waals surface area (Å²) in [4.78, 5) is 0. The van der Waals surface area contributed by atoms with Crippen LogP contribution < -0.4 is 4.74 Å². The van der Waals surface area contributed by atoms with Crippen molar-refractivity contribution in [1.29, 1.82) is 5.26 Å². The van der Waals surface area contributed by atoms with Crippen LogP contribution in [-0.4, -0.2) is 11.7 Å². The fourth-order valence-corrected chi connectivity index (χ4v) is 1.59. The molecule has 70 valence electrons. The van der Waals surface area contributed by atoms with Gasteiger partial charge in [0.2, 0.25) is 0 Å². The van der Waals surface area contributed by atoms with Crippen molar-refractivity contribution < 1.29 is 4.74 Å². The highest BCUT2D eigenvalue weighted by atomic mass is 16.5. The summed E-state index contributed by atoms with van der Waals surface area (Å²) >= 11 is 0. The van der Waals surface area contributed by atoms with Crippen molar-refractivity contribution >= 4 is 10.9 Å². The predicted octanol–water partition coefficient (Wildman–Crippen LogP) is 2.06. The largest absolute Gasteiger partial charge is 0.482 e. The minimum absolute atomic E-state index is 0.672. The Hall–Kier alpha value is -1.95. The maximum atomic E-state index is 8.74. The second kappa shape index (κ2) is 3.08. The minimum Gasteiger partial charge on any atom is -0.482 e. The standard InChI is InChI=1S/C11H10N2O/c1-13-10-4-3-8(7-12)5-9(10)6-11(13)14-2/h3-6H,1-2H3. The Morgan fingerprint density at radius 2 is 2.14 bits per heavy atom. The van der Waals surface area contributed by atoms with E-state index in [1.54, 1.807) is 7.11 Å². The molecule has 0 spiro atoms. The average Bonchev–Trinajstić information content (AvgIpc) is 2.55. The number of fused-ring (bicyclic) bond motifs is 1. The van der Waals surface area contributed by atoms with Gasteiger partial charge < -0.3 is 9.30 Å². The topological polar surface area (TPSA) is 37.9 Å². The average molecular weight is 186 g/mol. The number of ether oxygens (including phenoxy) is 1. The molecule has 0 saturated heterocycles. The summed E-state index contributed by atoms with van der Waals surface area (Å²) in [6.07, 6.45) is 0. The van der Waals surface area contributed by atoms with Crippen LogP contribution >= 0.6 is 0 Å². The molecule has 3 nitrogen and oxygen atoms in total. The third kappa shape index (κ3) is 1.12. The van der Waals surface area contributed by atoms with Gasteiger partial charge in [0.05, 0.1) is 24.3 Å². The van der Waals surface area contributed by atoms with E-state index >= 15 is 0 Å². The molecule has 1 aromatic carbocycles. The first kappa shape index (κ1) is 8.64. The van der Waals surface area contributed by atoms with E-state index in [4.69, 9.17) is 10.00 Å². The predicted molar refractivity (Wildman–Crippen MR) is 54.2 cm³/mol. The number of hydrogen-bond acceptors (Lipinski definition) is 2. The van der Waals surface area contributed by atoms with Crippen LogP contribution in [0.2, 0.25) is 0 Å². The maximum absolute atomic E-state index is 8.74. The lowest BCUT2D eigenvalue weighted by Gasteiger charge is -2.00. The zero-order chi connectivity index (χ0) is 10.1. The monoisotopic (exact) mass is 186 g/mol. The fraction of sp³-hybridized carbons (Fsp3) is 0.182. The van der Waals surface area contributed by atoms with Gasteiger partial charge in [-0.15, -0.1) is 0 Å². The molecule has 0 saturated carbocycles. The van der Waals surface area contributed by atoms with Gasteiger partial charge in [-0.25, -0.2) is 0 Å². The number of nitrogens with zero attached hydrogens (tertiary/aromatic N) is 2. The number of aryl methyl sites for hydroxylation is 1. The first-order valence-electron chi connectivity index (χ1n) is 4.30. The van der Waals surface area contributed by atoms with E-state index in [1.165, 1.54) is 0 Å². The van der Waals surface area contributed by atoms with Crippen molar-refractivity contribution in [2.24, 2.45) is 7.05 Å². The number of hydrogen-bond donors (Lipinski definition) is 0. The van der Waals surface area contributed by atoms with E-state index < -0.39 is 0 Å². The van der Waals surface area contributed by atoms with Crippen molar-refractivity contribution in [2.45, 2.75) is 0 Å². The van der Waals surface area contributed by atoms with Crippen molar-refractivity contribution in [2.75, 3.05) is 7.11 Å². The smallest absolute Gasteiger partial charge is 0.193 e. The Kier molecular flexibility index (Phi) is 1.90. The van der Waals surface area contributed by atoms with Crippen LogP contribution in [0.1, 0.15) is 5.56 Å². The van der Waals surface area contributed by atoms with E-state index in [0.717, 1.165) is 16.8 Å². The lowest BCUT2D eigenvalue weighted by atomic mass is 10.2. The summed E-state index contributed by atoms with van der Waals surface area (Å²) < 4.78 is 7.14. The minimum atomic E-state index is 0.672. The molecule has 0 fully saturated rings. The van der Waals surface area contributed by atoms with Gasteiger partial charge in [-0.05, 0) is 18.2 Å². The van der Waals surface area contributed by atoms with E-state index in [1.807, 2.05) is 35.9 Å². The van der Waals surface area contributed by atoms with Crippen LogP contribution in [-0.2, 0) is 7.05 Å². The maximum Gasteiger partial charge on any atom is 0.193 e. The van der Waals surface area contributed by atoms with Crippen molar-refractivity contribution in [3.05, 3.63) is 29.8 Å². The molecule has 1 aromatic heterocycles. The second-order valence-electron chi connectivity index (χ2n) is 3.13. The molecule has 0 amide bonds. The lowest BCUT2D eigenvalue weighted by Crippen LogP contribution is -1.92. The van der Waals surface area contributed by atoms with Gasteiger partial charge in [0.1, 0.15) is 0 Å². The molecule has 0 aliphatic rings. The van der Waals surface area contributed by atoms with Crippen LogP contribution in [0, 0.1) is 11.3 Å². The molecule has 0 N–H and O–H groups in total. The Morgan fingerprint density at radius 3 is 2.79 bits per heavy atom. The summed E-state index contributed by atoms with van der Waals surface area (Å²) in [7, 11) is 3.58. The van der Waals surface area contributed by atoms with Crippen LogP contribution in [0.3, 0.4) is 0 Å². The number of benzene rings is 1. The highest BCUT2D eigenvalue weighted by Crippen LogP contribution is 2.24. The third-order valence-corrected chi connectivity index (χ3v) is 2.34. The molecule has 0 atom stereocenters. The van der Waals surface area contributed by atoms with Crippen LogP contribution in [0.5, 0.6) is 5.88 Å². The van der Waals surface area contributed by atoms with Crippen LogP contribution in [0.15, 0.2) is 24.3 Å². The highest BCUT2D eigenvalue weighted by Gasteiger charge is 2.05. The van der Waals surface area contributed by atoms with Gasteiger partial charge in [-0.3, -0.25) is 0 Å². The number of aromatic nitrogens is 1. The van der Waals surface area contributed by atoms with Gasteiger partial charge >= 0.3 is 0 Å². The van der Waals surface area contributed by atoms with E-state index in [9.17, 15) is 0 Å². The molecule has 2 aromatic rings. The van der Waals surface area contributed by atoms with E-state index in [0.29, 0.717) is 5.56 Å². The van der Waals surface area contributed by atoms with E-state index in [2.05, 4.69) is 6.07 Å². The molecule has 0 unspecified atom stereocenters. The normalized spacial score (nSPS) is 10.1. The van der Waals surface area contributed by atoms with Gasteiger partial charge in [0.25, 0.3) is 0 Å². The van der Waals surface area contributed by atoms with Gasteiger partial charge in [-0.1, -0.05) is 0 Å². The van der Waals surface area contributed by atoms with Crippen LogP contribution in [0.25, 0.3) is 10.9 Å². The van der Waals surface area contributed by atoms with E-state index in [-0.39, 0.29) is 0 Å². The number of methoxy groups -OCH3 is 1. The summed E-state index contributed by atoms with van der Waals surface area (Å²) in [6, 6.07) is 9.64. The summed E-state index contributed by atoms with van der Waals surface area (Å²) in [5.41, 5.74) is 1.74. The second-order valence-corrected chi connectivity index (χ2v) is 3.13. The summed E-state index contributed by atoms with van der Waals surface area (Å²) in [6.45, 7) is 0. The SMILES string of the molecule is COc1cc2cc(C#N)ccc2n1C. The number of rotatable bonds is 1. The fourth-order valence-electron chi connectivity index (χ4n) is 1.59. The molecular weight excluding hydrogens is 176 g/mol. The molecule has 3 heteroatoms. The molecular formula is C11H10N2O. The zero-order valence-corrected chi connectivity index (χ0v) is 8.11.